The summed E-state index contributed by atoms with van der Waals surface area (Å²) in [5, 5.41) is 14.0. The molecule has 6 aromatic carbocycles. The van der Waals surface area contributed by atoms with E-state index in [-0.39, 0.29) is 0 Å². The molecule has 0 saturated carbocycles. The first-order valence-corrected chi connectivity index (χ1v) is 14.7. The lowest BCUT2D eigenvalue weighted by atomic mass is 10.0. The number of allylic oxidation sites excluding steroid dienone is 5. The summed E-state index contributed by atoms with van der Waals surface area (Å²) in [4.78, 5) is 4.43. The van der Waals surface area contributed by atoms with Crippen LogP contribution in [0.1, 0.15) is 6.92 Å². The molecule has 0 bridgehead atoms. The van der Waals surface area contributed by atoms with Gasteiger partial charge in [0.1, 0.15) is 0 Å². The molecule has 0 aliphatic carbocycles. The van der Waals surface area contributed by atoms with E-state index in [0.29, 0.717) is 5.57 Å². The highest BCUT2D eigenvalue weighted by molar-refractivity contribution is 5.92. The minimum absolute atomic E-state index is 0.538. The van der Waals surface area contributed by atoms with Gasteiger partial charge in [0, 0.05) is 35.5 Å². The van der Waals surface area contributed by atoms with Crippen LogP contribution in [-0.4, -0.2) is 7.05 Å². The second kappa shape index (κ2) is 12.6. The van der Waals surface area contributed by atoms with Crippen LogP contribution in [0.4, 0.5) is 22.7 Å². The number of benzene rings is 6. The quantitative estimate of drug-likeness (QED) is 0.135. The summed E-state index contributed by atoms with van der Waals surface area (Å²) >= 11 is 0. The van der Waals surface area contributed by atoms with Gasteiger partial charge in [0.05, 0.1) is 11.6 Å². The normalized spacial score (nSPS) is 11.8. The molecule has 0 N–H and O–H groups in total. The topological polar surface area (TPSA) is 30.3 Å². The summed E-state index contributed by atoms with van der Waals surface area (Å²) in [6.07, 6.45) is 5.28. The van der Waals surface area contributed by atoms with Crippen molar-refractivity contribution in [1.82, 2.24) is 0 Å². The van der Waals surface area contributed by atoms with Gasteiger partial charge in [-0.2, -0.15) is 5.26 Å². The van der Waals surface area contributed by atoms with E-state index in [0.717, 1.165) is 39.6 Å². The van der Waals surface area contributed by atoms with E-state index in [1.807, 2.05) is 20.0 Å². The molecule has 0 amide bonds. The zero-order chi connectivity index (χ0) is 30.5. The minimum Gasteiger partial charge on any atom is -0.348 e. The second-order valence-corrected chi connectivity index (χ2v) is 10.8. The molecule has 0 spiro atoms. The minimum atomic E-state index is 0.538. The molecule has 0 saturated heterocycles. The molecule has 44 heavy (non-hydrogen) atoms. The number of nitrogens with zero attached hydrogens (tertiary/aromatic N) is 3. The monoisotopic (exact) mass is 567 g/mol. The summed E-state index contributed by atoms with van der Waals surface area (Å²) in [6.45, 7) is 5.71. The van der Waals surface area contributed by atoms with Gasteiger partial charge in [-0.25, -0.2) is 0 Å². The molecule has 6 aromatic rings. The molecule has 3 nitrogen and oxygen atoms in total. The third kappa shape index (κ3) is 5.88. The molecule has 0 unspecified atom stereocenters. The maximum absolute atomic E-state index is 9.14. The third-order valence-electron chi connectivity index (χ3n) is 8.08. The molecule has 0 aliphatic heterocycles. The predicted octanol–water partition coefficient (Wildman–Crippen LogP) is 11.1. The van der Waals surface area contributed by atoms with Gasteiger partial charge in [0.15, 0.2) is 0 Å². The highest BCUT2D eigenvalue weighted by Gasteiger charge is 2.14. The number of fused-ring (bicyclic) bond motifs is 2. The molecular weight excluding hydrogens is 534 g/mol. The van der Waals surface area contributed by atoms with Gasteiger partial charge >= 0.3 is 0 Å². The van der Waals surface area contributed by atoms with Gasteiger partial charge in [-0.15, -0.1) is 0 Å². The second-order valence-electron chi connectivity index (χ2n) is 10.8. The molecular formula is C41H33N3. The maximum atomic E-state index is 9.14. The zero-order valence-electron chi connectivity index (χ0n) is 25.0. The van der Waals surface area contributed by atoms with Crippen molar-refractivity contribution in [2.75, 3.05) is 16.8 Å². The molecule has 0 atom stereocenters. The van der Waals surface area contributed by atoms with E-state index >= 15 is 0 Å². The fraction of sp³-hybridized carbons (Fsp3) is 0.0488. The van der Waals surface area contributed by atoms with Crippen LogP contribution in [0.5, 0.6) is 0 Å². The van der Waals surface area contributed by atoms with Crippen molar-refractivity contribution in [2.24, 2.45) is 0 Å². The Kier molecular flexibility index (Phi) is 8.08. The van der Waals surface area contributed by atoms with Crippen molar-refractivity contribution >= 4 is 44.3 Å². The Morgan fingerprint density at radius 3 is 1.52 bits per heavy atom. The van der Waals surface area contributed by atoms with E-state index < -0.39 is 0 Å². The lowest BCUT2D eigenvalue weighted by Crippen LogP contribution is -2.13. The Labute approximate surface area is 259 Å². The van der Waals surface area contributed by atoms with Gasteiger partial charge in [-0.3, -0.25) is 0 Å². The summed E-state index contributed by atoms with van der Waals surface area (Å²) in [6, 6.07) is 49.8. The molecule has 212 valence electrons. The van der Waals surface area contributed by atoms with Crippen LogP contribution in [-0.2, 0) is 0 Å². The fourth-order valence-corrected chi connectivity index (χ4v) is 5.44. The van der Waals surface area contributed by atoms with Crippen molar-refractivity contribution in [3.63, 3.8) is 0 Å². The fourth-order valence-electron chi connectivity index (χ4n) is 5.44. The summed E-state index contributed by atoms with van der Waals surface area (Å²) in [5.41, 5.74) is 8.27. The average molecular weight is 568 g/mol. The van der Waals surface area contributed by atoms with Crippen molar-refractivity contribution in [2.45, 2.75) is 6.92 Å². The Hall–Kier alpha value is -5.85. The summed E-state index contributed by atoms with van der Waals surface area (Å²) < 4.78 is 0. The number of anilines is 4. The van der Waals surface area contributed by atoms with Crippen molar-refractivity contribution in [1.29, 1.82) is 5.26 Å². The van der Waals surface area contributed by atoms with Crippen LogP contribution in [0.15, 0.2) is 170 Å². The predicted molar refractivity (Wildman–Crippen MR) is 188 cm³/mol. The van der Waals surface area contributed by atoms with E-state index in [1.54, 1.807) is 12.2 Å². The van der Waals surface area contributed by atoms with Crippen molar-refractivity contribution in [3.05, 3.63) is 170 Å². The number of nitriles is 1. The molecule has 0 aliphatic rings. The van der Waals surface area contributed by atoms with Gasteiger partial charge < -0.3 is 9.80 Å². The van der Waals surface area contributed by atoms with Crippen LogP contribution in [0.2, 0.25) is 0 Å². The van der Waals surface area contributed by atoms with Crippen LogP contribution < -0.4 is 9.80 Å². The SMILES string of the molecule is C=C/C(C#N)=C\C=C(/C)N(C)c1ccc(-c2ccc(N(c3ccc4ccccc4c3)c3ccc4ccccc4c3)cc2)cc1. The molecule has 0 heterocycles. The largest absolute Gasteiger partial charge is 0.348 e. The van der Waals surface area contributed by atoms with E-state index in [4.69, 9.17) is 5.26 Å². The average Bonchev–Trinajstić information content (AvgIpc) is 3.08. The van der Waals surface area contributed by atoms with Gasteiger partial charge in [-0.05, 0) is 100 Å². The van der Waals surface area contributed by atoms with E-state index in [9.17, 15) is 0 Å². The molecule has 3 heteroatoms. The lowest BCUT2D eigenvalue weighted by molar-refractivity contribution is 1.09. The van der Waals surface area contributed by atoms with E-state index in [2.05, 4.69) is 156 Å². The van der Waals surface area contributed by atoms with Crippen molar-refractivity contribution < 1.29 is 0 Å². The third-order valence-corrected chi connectivity index (χ3v) is 8.08. The molecule has 0 fully saturated rings. The van der Waals surface area contributed by atoms with Crippen LogP contribution >= 0.6 is 0 Å². The number of hydrogen-bond acceptors (Lipinski definition) is 3. The first-order chi connectivity index (χ1) is 21.5. The first-order valence-electron chi connectivity index (χ1n) is 14.7. The van der Waals surface area contributed by atoms with E-state index in [1.165, 1.54) is 21.5 Å². The van der Waals surface area contributed by atoms with Gasteiger partial charge in [0.25, 0.3) is 0 Å². The number of hydrogen-bond donors (Lipinski definition) is 0. The standard InChI is InChI=1S/C41H33N3/c1-4-31(29-42)14-13-30(2)43(3)38-21-15-34(16-22-38)35-17-23-39(24-18-35)44(40-25-19-32-9-5-7-11-36(32)27-40)41-26-20-33-10-6-8-12-37(33)28-41/h4-28H,1H2,2-3H3/b30-13+,31-14+. The Bertz CT molecular complexity index is 1980. The Morgan fingerprint density at radius 1 is 0.591 bits per heavy atom. The Balaban J connectivity index is 1.32. The van der Waals surface area contributed by atoms with Crippen LogP contribution in [0, 0.1) is 11.3 Å². The van der Waals surface area contributed by atoms with Gasteiger partial charge in [-0.1, -0.05) is 97.6 Å². The zero-order valence-corrected chi connectivity index (χ0v) is 25.0. The van der Waals surface area contributed by atoms with Gasteiger partial charge in [0.2, 0.25) is 0 Å². The summed E-state index contributed by atoms with van der Waals surface area (Å²) in [7, 11) is 2.03. The van der Waals surface area contributed by atoms with Crippen LogP contribution in [0.3, 0.4) is 0 Å². The molecule has 0 radical (unpaired) electrons. The number of rotatable bonds is 8. The highest BCUT2D eigenvalue weighted by Crippen LogP contribution is 2.38. The van der Waals surface area contributed by atoms with Crippen LogP contribution in [0.25, 0.3) is 32.7 Å². The highest BCUT2D eigenvalue weighted by atomic mass is 15.1. The maximum Gasteiger partial charge on any atom is 0.0991 e. The smallest absolute Gasteiger partial charge is 0.0991 e. The first kappa shape index (κ1) is 28.3. The lowest BCUT2D eigenvalue weighted by Gasteiger charge is -2.26. The Morgan fingerprint density at radius 2 is 1.05 bits per heavy atom. The van der Waals surface area contributed by atoms with Crippen molar-refractivity contribution in [3.8, 4) is 17.2 Å². The molecule has 0 aromatic heterocycles. The summed E-state index contributed by atoms with van der Waals surface area (Å²) in [5.74, 6) is 0. The molecule has 6 rings (SSSR count).